The van der Waals surface area contributed by atoms with Crippen molar-refractivity contribution in [2.45, 2.75) is 65.1 Å². The second-order valence-corrected chi connectivity index (χ2v) is 10.6. The molecule has 2 saturated carbocycles. The second-order valence-electron chi connectivity index (χ2n) is 10.6. The van der Waals surface area contributed by atoms with Crippen LogP contribution in [0, 0.1) is 18.7 Å². The lowest BCUT2D eigenvalue weighted by atomic mass is 10.1. The Kier molecular flexibility index (Phi) is 7.45. The molecule has 0 atom stereocenters. The van der Waals surface area contributed by atoms with Crippen molar-refractivity contribution in [3.8, 4) is 0 Å². The van der Waals surface area contributed by atoms with Gasteiger partial charge in [-0.25, -0.2) is 4.39 Å². The van der Waals surface area contributed by atoms with E-state index in [2.05, 4.69) is 15.7 Å². The predicted molar refractivity (Wildman–Crippen MR) is 143 cm³/mol. The Bertz CT molecular complexity index is 1460. The van der Waals surface area contributed by atoms with Gasteiger partial charge in [-0.2, -0.15) is 5.10 Å². The van der Waals surface area contributed by atoms with Crippen LogP contribution in [-0.2, 0) is 27.5 Å². The Morgan fingerprint density at radius 3 is 2.54 bits per heavy atom. The van der Waals surface area contributed by atoms with Crippen LogP contribution >= 0.6 is 0 Å². The third-order valence-corrected chi connectivity index (χ3v) is 7.19. The van der Waals surface area contributed by atoms with Crippen LogP contribution in [0.1, 0.15) is 60.6 Å². The zero-order valence-corrected chi connectivity index (χ0v) is 22.1. The van der Waals surface area contributed by atoms with Crippen LogP contribution in [0.15, 0.2) is 36.4 Å². The van der Waals surface area contributed by atoms with Gasteiger partial charge in [0, 0.05) is 42.6 Å². The number of nitrogens with one attached hydrogen (secondary N) is 2. The van der Waals surface area contributed by atoms with Gasteiger partial charge >= 0.3 is 0 Å². The molecule has 3 amide bonds. The number of fused-ring (bicyclic) bond motifs is 1. The minimum Gasteiger partial charge on any atom is -0.350 e. The standard InChI is InChI=1S/C29H32FN5O4/c1-17-4-3-5-20(28(17)30)14-31-26(38)15-34(22-9-10-22)27(39)16-35-24-11-8-21(32-25(37)12-19-6-7-19)13-23(24)29(33-35)18(2)36/h3-5,8,11,13,19,22H,6-7,9-10,12,14-16H2,1-2H3,(H,31,38)(H,32,37). The summed E-state index contributed by atoms with van der Waals surface area (Å²) < 4.78 is 15.8. The lowest BCUT2D eigenvalue weighted by molar-refractivity contribution is -0.137. The number of aryl methyl sites for hydroxylation is 1. The lowest BCUT2D eigenvalue weighted by Gasteiger charge is -2.22. The molecule has 0 bridgehead atoms. The van der Waals surface area contributed by atoms with Gasteiger partial charge in [-0.1, -0.05) is 18.2 Å². The normalized spacial score (nSPS) is 14.7. The van der Waals surface area contributed by atoms with Gasteiger partial charge < -0.3 is 15.5 Å². The van der Waals surface area contributed by atoms with Crippen molar-refractivity contribution >= 4 is 40.1 Å². The van der Waals surface area contributed by atoms with Gasteiger partial charge in [-0.05, 0) is 62.3 Å². The zero-order chi connectivity index (χ0) is 27.7. The monoisotopic (exact) mass is 533 g/mol. The summed E-state index contributed by atoms with van der Waals surface area (Å²) in [6.45, 7) is 2.81. The quantitative estimate of drug-likeness (QED) is 0.365. The molecule has 0 radical (unpaired) electrons. The zero-order valence-electron chi connectivity index (χ0n) is 22.1. The molecule has 0 saturated heterocycles. The topological polar surface area (TPSA) is 113 Å². The number of anilines is 1. The van der Waals surface area contributed by atoms with Gasteiger partial charge in [0.15, 0.2) is 5.78 Å². The summed E-state index contributed by atoms with van der Waals surface area (Å²) in [7, 11) is 0. The second kappa shape index (κ2) is 11.0. The molecule has 10 heteroatoms. The lowest BCUT2D eigenvalue weighted by Crippen LogP contribution is -2.43. The SMILES string of the molecule is CC(=O)c1nn(CC(=O)N(CC(=O)NCc2cccc(C)c2F)C2CC2)c2ccc(NC(=O)CC3CC3)cc12. The third-order valence-electron chi connectivity index (χ3n) is 7.19. The maximum Gasteiger partial charge on any atom is 0.245 e. The third kappa shape index (κ3) is 6.32. The van der Waals surface area contributed by atoms with Gasteiger partial charge in [0.1, 0.15) is 18.1 Å². The first-order chi connectivity index (χ1) is 18.7. The van der Waals surface area contributed by atoms with E-state index < -0.39 is 0 Å². The highest BCUT2D eigenvalue weighted by molar-refractivity contribution is 6.06. The van der Waals surface area contributed by atoms with E-state index in [0.29, 0.717) is 40.1 Å². The molecule has 0 spiro atoms. The first-order valence-electron chi connectivity index (χ1n) is 13.3. The fourth-order valence-electron chi connectivity index (χ4n) is 4.71. The average molecular weight is 534 g/mol. The van der Waals surface area contributed by atoms with E-state index in [9.17, 15) is 23.6 Å². The molecular formula is C29H32FN5O4. The van der Waals surface area contributed by atoms with Crippen LogP contribution in [0.4, 0.5) is 10.1 Å². The molecule has 0 aliphatic heterocycles. The van der Waals surface area contributed by atoms with Gasteiger partial charge in [0.05, 0.1) is 12.1 Å². The van der Waals surface area contributed by atoms with Crippen molar-refractivity contribution in [1.82, 2.24) is 20.0 Å². The molecule has 2 fully saturated rings. The Balaban J connectivity index is 1.28. The molecule has 2 aliphatic rings. The summed E-state index contributed by atoms with van der Waals surface area (Å²) in [5.41, 5.74) is 2.26. The van der Waals surface area contributed by atoms with E-state index in [1.807, 2.05) is 0 Å². The fraction of sp³-hybridized carbons (Fsp3) is 0.414. The molecule has 1 aromatic heterocycles. The summed E-state index contributed by atoms with van der Waals surface area (Å²) in [5, 5.41) is 10.6. The Hall–Kier alpha value is -4.08. The maximum atomic E-state index is 14.3. The molecule has 39 heavy (non-hydrogen) atoms. The largest absolute Gasteiger partial charge is 0.350 e. The number of aromatic nitrogens is 2. The van der Waals surface area contributed by atoms with Crippen molar-refractivity contribution in [3.05, 3.63) is 59.0 Å². The van der Waals surface area contributed by atoms with Crippen LogP contribution in [0.2, 0.25) is 0 Å². The van der Waals surface area contributed by atoms with Crippen molar-refractivity contribution in [2.24, 2.45) is 5.92 Å². The molecule has 3 aromatic rings. The van der Waals surface area contributed by atoms with Crippen molar-refractivity contribution in [1.29, 1.82) is 0 Å². The number of ketones is 1. The molecule has 2 aliphatic carbocycles. The summed E-state index contributed by atoms with van der Waals surface area (Å²) >= 11 is 0. The number of benzene rings is 2. The number of nitrogens with zero attached hydrogens (tertiary/aromatic N) is 3. The molecule has 2 N–H and O–H groups in total. The number of carbonyl (C=O) groups is 4. The highest BCUT2D eigenvalue weighted by Gasteiger charge is 2.34. The van der Waals surface area contributed by atoms with Gasteiger partial charge in [0.2, 0.25) is 17.7 Å². The maximum absolute atomic E-state index is 14.3. The number of carbonyl (C=O) groups excluding carboxylic acids is 4. The number of amides is 3. The van der Waals surface area contributed by atoms with E-state index in [1.54, 1.807) is 43.3 Å². The van der Waals surface area contributed by atoms with Crippen molar-refractivity contribution in [2.75, 3.05) is 11.9 Å². The van der Waals surface area contributed by atoms with E-state index in [0.717, 1.165) is 25.7 Å². The van der Waals surface area contributed by atoms with Gasteiger partial charge in [0.25, 0.3) is 0 Å². The van der Waals surface area contributed by atoms with E-state index in [4.69, 9.17) is 0 Å². The minimum atomic E-state index is -0.377. The average Bonchev–Trinajstić information content (AvgIpc) is 3.83. The highest BCUT2D eigenvalue weighted by atomic mass is 19.1. The molecule has 9 nitrogen and oxygen atoms in total. The first kappa shape index (κ1) is 26.5. The van der Waals surface area contributed by atoms with E-state index in [1.165, 1.54) is 16.5 Å². The molecule has 5 rings (SSSR count). The number of Topliss-reactive ketones (excluding diaryl/α,β-unsaturated/α-hetero) is 1. The Morgan fingerprint density at radius 2 is 1.85 bits per heavy atom. The summed E-state index contributed by atoms with van der Waals surface area (Å²) in [4.78, 5) is 52.1. The molecule has 1 heterocycles. The Labute approximate surface area is 225 Å². The molecule has 204 valence electrons. The van der Waals surface area contributed by atoms with E-state index in [-0.39, 0.29) is 60.7 Å². The van der Waals surface area contributed by atoms with Gasteiger partial charge in [-0.3, -0.25) is 23.9 Å². The van der Waals surface area contributed by atoms with Crippen LogP contribution in [0.5, 0.6) is 0 Å². The number of rotatable bonds is 11. The molecule has 2 aromatic carbocycles. The number of halogens is 1. The van der Waals surface area contributed by atoms with Crippen molar-refractivity contribution < 1.29 is 23.6 Å². The van der Waals surface area contributed by atoms with Crippen LogP contribution in [0.25, 0.3) is 10.9 Å². The van der Waals surface area contributed by atoms with E-state index >= 15 is 0 Å². The molecular weight excluding hydrogens is 501 g/mol. The first-order valence-corrected chi connectivity index (χ1v) is 13.3. The van der Waals surface area contributed by atoms with Crippen LogP contribution < -0.4 is 10.6 Å². The Morgan fingerprint density at radius 1 is 1.08 bits per heavy atom. The number of hydrogen-bond acceptors (Lipinski definition) is 5. The highest BCUT2D eigenvalue weighted by Crippen LogP contribution is 2.33. The summed E-state index contributed by atoms with van der Waals surface area (Å²) in [5.74, 6) is -0.893. The van der Waals surface area contributed by atoms with Crippen LogP contribution in [0.3, 0.4) is 0 Å². The minimum absolute atomic E-state index is 0.0321. The molecule has 0 unspecified atom stereocenters. The van der Waals surface area contributed by atoms with Gasteiger partial charge in [-0.15, -0.1) is 0 Å². The fourth-order valence-corrected chi connectivity index (χ4v) is 4.71. The van der Waals surface area contributed by atoms with Crippen molar-refractivity contribution in [3.63, 3.8) is 0 Å². The smallest absolute Gasteiger partial charge is 0.245 e. The predicted octanol–water partition coefficient (Wildman–Crippen LogP) is 3.73. The summed E-state index contributed by atoms with van der Waals surface area (Å²) in [6, 6.07) is 10.1. The van der Waals surface area contributed by atoms with Crippen LogP contribution in [-0.4, -0.2) is 50.8 Å². The number of hydrogen-bond donors (Lipinski definition) is 2. The summed E-state index contributed by atoms with van der Waals surface area (Å²) in [6.07, 6.45) is 4.23.